The normalized spacial score (nSPS) is 15.2. The minimum absolute atomic E-state index is 0.198. The summed E-state index contributed by atoms with van der Waals surface area (Å²) in [6, 6.07) is 7.69. The summed E-state index contributed by atoms with van der Waals surface area (Å²) in [5.41, 5.74) is 1.97. The third kappa shape index (κ3) is 2.75. The molecule has 2 rings (SSSR count). The first-order valence-corrected chi connectivity index (χ1v) is 5.58. The van der Waals surface area contributed by atoms with Gasteiger partial charge in [0, 0.05) is 13.1 Å². The molecule has 1 amide bonds. The van der Waals surface area contributed by atoms with E-state index in [4.69, 9.17) is 4.74 Å². The highest BCUT2D eigenvalue weighted by atomic mass is 16.6. The van der Waals surface area contributed by atoms with E-state index in [2.05, 4.69) is 6.92 Å². The molecule has 1 aromatic carbocycles. The second kappa shape index (κ2) is 5.01. The van der Waals surface area contributed by atoms with Crippen molar-refractivity contribution in [3.63, 3.8) is 0 Å². The van der Waals surface area contributed by atoms with Gasteiger partial charge in [-0.1, -0.05) is 24.3 Å². The molecule has 1 fully saturated rings. The van der Waals surface area contributed by atoms with Gasteiger partial charge in [0.15, 0.2) is 0 Å². The second-order valence-electron chi connectivity index (χ2n) is 4.07. The van der Waals surface area contributed by atoms with Crippen molar-refractivity contribution in [3.05, 3.63) is 42.3 Å². The van der Waals surface area contributed by atoms with Crippen molar-refractivity contribution in [3.8, 4) is 0 Å². The van der Waals surface area contributed by atoms with Crippen LogP contribution in [0.2, 0.25) is 0 Å². The first kappa shape index (κ1) is 11.0. The maximum atomic E-state index is 11.6. The lowest BCUT2D eigenvalue weighted by molar-refractivity contribution is 0.104. The molecule has 1 saturated heterocycles. The molecule has 0 saturated carbocycles. The number of likely N-dealkylation sites (tertiary alicyclic amines) is 1. The Labute approximate surface area is 96.0 Å². The van der Waals surface area contributed by atoms with Gasteiger partial charge in [0.2, 0.25) is 0 Å². The van der Waals surface area contributed by atoms with E-state index < -0.39 is 0 Å². The number of carbonyl (C=O) groups is 1. The van der Waals surface area contributed by atoms with Crippen LogP contribution in [0.3, 0.4) is 0 Å². The molecule has 1 aliphatic heterocycles. The molecule has 3 nitrogen and oxygen atoms in total. The lowest BCUT2D eigenvalue weighted by Crippen LogP contribution is -2.28. The minimum Gasteiger partial charge on any atom is -0.445 e. The molecular formula is C13H16NO2. The molecule has 1 aromatic rings. The molecule has 0 atom stereocenters. The van der Waals surface area contributed by atoms with E-state index in [1.54, 1.807) is 4.90 Å². The smallest absolute Gasteiger partial charge is 0.410 e. The Morgan fingerprint density at radius 1 is 1.25 bits per heavy atom. The average Bonchev–Trinajstić information content (AvgIpc) is 2.81. The zero-order valence-electron chi connectivity index (χ0n) is 9.32. The fourth-order valence-electron chi connectivity index (χ4n) is 1.77. The zero-order valence-corrected chi connectivity index (χ0v) is 9.32. The summed E-state index contributed by atoms with van der Waals surface area (Å²) in [6.07, 6.45) is 1.98. The highest BCUT2D eigenvalue weighted by molar-refractivity contribution is 5.67. The predicted molar refractivity (Wildman–Crippen MR) is 61.9 cm³/mol. The SMILES string of the molecule is [CH2]c1ccc(COC(=O)N2CCCC2)cc1. The first-order valence-electron chi connectivity index (χ1n) is 5.58. The Hall–Kier alpha value is -1.51. The summed E-state index contributed by atoms with van der Waals surface area (Å²) >= 11 is 0. The van der Waals surface area contributed by atoms with Gasteiger partial charge in [0.25, 0.3) is 0 Å². The van der Waals surface area contributed by atoms with Crippen LogP contribution in [0, 0.1) is 6.92 Å². The molecule has 85 valence electrons. The van der Waals surface area contributed by atoms with Crippen LogP contribution in [0.1, 0.15) is 24.0 Å². The molecule has 16 heavy (non-hydrogen) atoms. The van der Waals surface area contributed by atoms with Gasteiger partial charge in [0.05, 0.1) is 0 Å². The number of amides is 1. The summed E-state index contributed by atoms with van der Waals surface area (Å²) in [6.45, 7) is 5.81. The van der Waals surface area contributed by atoms with Crippen LogP contribution in [0.25, 0.3) is 0 Å². The van der Waals surface area contributed by atoms with Gasteiger partial charge in [-0.2, -0.15) is 0 Å². The van der Waals surface area contributed by atoms with Crippen LogP contribution in [-0.2, 0) is 11.3 Å². The lowest BCUT2D eigenvalue weighted by atomic mass is 10.2. The Bertz CT molecular complexity index is 353. The summed E-state index contributed by atoms with van der Waals surface area (Å²) in [7, 11) is 0. The third-order valence-electron chi connectivity index (χ3n) is 2.75. The van der Waals surface area contributed by atoms with Crippen molar-refractivity contribution < 1.29 is 9.53 Å². The molecule has 0 aliphatic carbocycles. The Morgan fingerprint density at radius 2 is 1.88 bits per heavy atom. The van der Waals surface area contributed by atoms with Gasteiger partial charge in [-0.05, 0) is 30.9 Å². The molecule has 3 heteroatoms. The molecule has 1 heterocycles. The maximum Gasteiger partial charge on any atom is 0.410 e. The fraction of sp³-hybridized carbons (Fsp3) is 0.385. The molecule has 0 aromatic heterocycles. The molecule has 1 radical (unpaired) electrons. The maximum absolute atomic E-state index is 11.6. The van der Waals surface area contributed by atoms with Crippen LogP contribution in [0.5, 0.6) is 0 Å². The number of rotatable bonds is 2. The summed E-state index contributed by atoms with van der Waals surface area (Å²) < 4.78 is 5.22. The minimum atomic E-state index is -0.198. The lowest BCUT2D eigenvalue weighted by Gasteiger charge is -2.14. The summed E-state index contributed by atoms with van der Waals surface area (Å²) in [5.74, 6) is 0. The van der Waals surface area contributed by atoms with Gasteiger partial charge in [0.1, 0.15) is 6.61 Å². The first-order chi connectivity index (χ1) is 7.75. The topological polar surface area (TPSA) is 29.5 Å². The van der Waals surface area contributed by atoms with Crippen LogP contribution < -0.4 is 0 Å². The number of benzene rings is 1. The van der Waals surface area contributed by atoms with Crippen molar-refractivity contribution in [1.82, 2.24) is 4.90 Å². The highest BCUT2D eigenvalue weighted by Gasteiger charge is 2.18. The zero-order chi connectivity index (χ0) is 11.4. The number of carbonyl (C=O) groups excluding carboxylic acids is 1. The van der Waals surface area contributed by atoms with Gasteiger partial charge < -0.3 is 9.64 Å². The van der Waals surface area contributed by atoms with Gasteiger partial charge in [-0.25, -0.2) is 4.79 Å². The van der Waals surface area contributed by atoms with Gasteiger partial charge in [-0.3, -0.25) is 0 Å². The van der Waals surface area contributed by atoms with Crippen molar-refractivity contribution >= 4 is 6.09 Å². The highest BCUT2D eigenvalue weighted by Crippen LogP contribution is 2.10. The number of hydrogen-bond acceptors (Lipinski definition) is 2. The standard InChI is InChI=1S/C13H16NO2/c1-11-4-6-12(7-5-11)10-16-13(15)14-8-2-3-9-14/h4-7H,1-3,8-10H2. The predicted octanol–water partition coefficient (Wildman–Crippen LogP) is 2.60. The summed E-state index contributed by atoms with van der Waals surface area (Å²) in [4.78, 5) is 13.3. The van der Waals surface area contributed by atoms with E-state index in [0.717, 1.165) is 37.1 Å². The van der Waals surface area contributed by atoms with E-state index in [-0.39, 0.29) is 6.09 Å². The Balaban J connectivity index is 1.82. The number of hydrogen-bond donors (Lipinski definition) is 0. The molecule has 0 spiro atoms. The third-order valence-corrected chi connectivity index (χ3v) is 2.75. The largest absolute Gasteiger partial charge is 0.445 e. The molecule has 0 N–H and O–H groups in total. The van der Waals surface area contributed by atoms with Crippen LogP contribution >= 0.6 is 0 Å². The Morgan fingerprint density at radius 3 is 2.50 bits per heavy atom. The van der Waals surface area contributed by atoms with Crippen molar-refractivity contribution in [2.45, 2.75) is 19.4 Å². The molecule has 0 unspecified atom stereocenters. The van der Waals surface area contributed by atoms with E-state index in [9.17, 15) is 4.79 Å². The average molecular weight is 218 g/mol. The monoisotopic (exact) mass is 218 g/mol. The number of ether oxygens (including phenoxy) is 1. The van der Waals surface area contributed by atoms with Crippen LogP contribution in [-0.4, -0.2) is 24.1 Å². The van der Waals surface area contributed by atoms with Crippen molar-refractivity contribution in [2.24, 2.45) is 0 Å². The van der Waals surface area contributed by atoms with Crippen molar-refractivity contribution in [2.75, 3.05) is 13.1 Å². The molecular weight excluding hydrogens is 202 g/mol. The van der Waals surface area contributed by atoms with Gasteiger partial charge in [-0.15, -0.1) is 0 Å². The van der Waals surface area contributed by atoms with E-state index in [0.29, 0.717) is 6.61 Å². The van der Waals surface area contributed by atoms with Crippen LogP contribution in [0.15, 0.2) is 24.3 Å². The second-order valence-corrected chi connectivity index (χ2v) is 4.07. The fourth-order valence-corrected chi connectivity index (χ4v) is 1.77. The van der Waals surface area contributed by atoms with Crippen molar-refractivity contribution in [1.29, 1.82) is 0 Å². The molecule has 0 bridgehead atoms. The molecule has 1 aliphatic rings. The summed E-state index contributed by atoms with van der Waals surface area (Å²) in [5, 5.41) is 0. The van der Waals surface area contributed by atoms with Gasteiger partial charge >= 0.3 is 6.09 Å². The van der Waals surface area contributed by atoms with Crippen LogP contribution in [0.4, 0.5) is 4.79 Å². The quantitative estimate of drug-likeness (QED) is 0.763. The van der Waals surface area contributed by atoms with E-state index in [1.807, 2.05) is 24.3 Å². The van der Waals surface area contributed by atoms with E-state index in [1.165, 1.54) is 0 Å². The van der Waals surface area contributed by atoms with E-state index >= 15 is 0 Å². The Kier molecular flexibility index (Phi) is 3.44. The number of nitrogens with zero attached hydrogens (tertiary/aromatic N) is 1.